The van der Waals surface area contributed by atoms with E-state index in [0.29, 0.717) is 30.9 Å². The van der Waals surface area contributed by atoms with E-state index in [4.69, 9.17) is 0 Å². The molecule has 1 N–H and O–H groups in total. The SMILES string of the molecule is CC(=O)N1C[C@H]2CN(C(=O)c3cc(CO)ccn3)C[C@H]2[C@@H]1c1cccc(F)c1. The van der Waals surface area contributed by atoms with E-state index in [-0.39, 0.29) is 42.1 Å². The molecule has 1 aromatic heterocycles. The summed E-state index contributed by atoms with van der Waals surface area (Å²) in [5.74, 6) is -0.367. The lowest BCUT2D eigenvalue weighted by Gasteiger charge is -2.29. The van der Waals surface area contributed by atoms with Crippen LogP contribution in [0.1, 0.15) is 34.6 Å². The average molecular weight is 383 g/mol. The van der Waals surface area contributed by atoms with Gasteiger partial charge in [0.1, 0.15) is 11.5 Å². The molecule has 146 valence electrons. The molecular weight excluding hydrogens is 361 g/mol. The predicted molar refractivity (Wildman–Crippen MR) is 99.6 cm³/mol. The van der Waals surface area contributed by atoms with Crippen molar-refractivity contribution < 1.29 is 19.1 Å². The lowest BCUT2D eigenvalue weighted by molar-refractivity contribution is -0.130. The van der Waals surface area contributed by atoms with E-state index in [1.165, 1.54) is 25.3 Å². The number of aliphatic hydroxyl groups excluding tert-OH is 1. The number of nitrogens with zero attached hydrogens (tertiary/aromatic N) is 3. The van der Waals surface area contributed by atoms with Crippen molar-refractivity contribution in [1.82, 2.24) is 14.8 Å². The van der Waals surface area contributed by atoms with Crippen LogP contribution >= 0.6 is 0 Å². The van der Waals surface area contributed by atoms with Crippen LogP contribution in [0.5, 0.6) is 0 Å². The number of halogens is 1. The number of rotatable bonds is 3. The Balaban J connectivity index is 1.59. The van der Waals surface area contributed by atoms with Gasteiger partial charge in [-0.2, -0.15) is 0 Å². The monoisotopic (exact) mass is 383 g/mol. The fourth-order valence-corrected chi connectivity index (χ4v) is 4.50. The van der Waals surface area contributed by atoms with Crippen molar-refractivity contribution in [3.63, 3.8) is 0 Å². The second-order valence-corrected chi connectivity index (χ2v) is 7.51. The molecule has 0 aliphatic carbocycles. The van der Waals surface area contributed by atoms with Crippen molar-refractivity contribution in [3.8, 4) is 0 Å². The summed E-state index contributed by atoms with van der Waals surface area (Å²) in [6.45, 7) is 2.95. The molecule has 2 aromatic rings. The molecule has 1 aromatic carbocycles. The first kappa shape index (κ1) is 18.6. The molecule has 2 fully saturated rings. The first-order chi connectivity index (χ1) is 13.5. The van der Waals surface area contributed by atoms with Crippen molar-refractivity contribution in [2.24, 2.45) is 11.8 Å². The Morgan fingerprint density at radius 2 is 2.04 bits per heavy atom. The molecule has 0 radical (unpaired) electrons. The van der Waals surface area contributed by atoms with Gasteiger partial charge in [0.25, 0.3) is 5.91 Å². The zero-order chi connectivity index (χ0) is 19.8. The number of likely N-dealkylation sites (tertiary alicyclic amines) is 2. The molecule has 0 unspecified atom stereocenters. The number of carbonyl (C=O) groups is 2. The first-order valence-corrected chi connectivity index (χ1v) is 9.35. The third-order valence-corrected chi connectivity index (χ3v) is 5.77. The molecule has 3 atom stereocenters. The molecule has 0 saturated carbocycles. The van der Waals surface area contributed by atoms with E-state index in [0.717, 1.165) is 5.56 Å². The molecule has 3 heterocycles. The average Bonchev–Trinajstić information content (AvgIpc) is 3.25. The van der Waals surface area contributed by atoms with Crippen LogP contribution in [0, 0.1) is 17.7 Å². The molecule has 4 rings (SSSR count). The molecule has 6 nitrogen and oxygen atoms in total. The summed E-state index contributed by atoms with van der Waals surface area (Å²) in [6, 6.07) is 9.37. The van der Waals surface area contributed by atoms with Gasteiger partial charge in [-0.25, -0.2) is 4.39 Å². The van der Waals surface area contributed by atoms with Gasteiger partial charge in [-0.3, -0.25) is 14.6 Å². The van der Waals surface area contributed by atoms with Gasteiger partial charge in [-0.05, 0) is 35.4 Å². The zero-order valence-corrected chi connectivity index (χ0v) is 15.6. The molecule has 0 bridgehead atoms. The van der Waals surface area contributed by atoms with Gasteiger partial charge in [-0.15, -0.1) is 0 Å². The highest BCUT2D eigenvalue weighted by atomic mass is 19.1. The van der Waals surface area contributed by atoms with Gasteiger partial charge in [0, 0.05) is 44.6 Å². The van der Waals surface area contributed by atoms with Crippen LogP contribution in [-0.4, -0.2) is 51.3 Å². The third kappa shape index (κ3) is 3.26. The first-order valence-electron chi connectivity index (χ1n) is 9.35. The summed E-state index contributed by atoms with van der Waals surface area (Å²) in [4.78, 5) is 32.8. The Kier molecular flexibility index (Phi) is 4.85. The number of hydrogen-bond donors (Lipinski definition) is 1. The molecule has 0 spiro atoms. The van der Waals surface area contributed by atoms with E-state index in [1.807, 2.05) is 6.07 Å². The molecule has 2 amide bonds. The number of aliphatic hydroxyl groups is 1. The van der Waals surface area contributed by atoms with Crippen LogP contribution in [-0.2, 0) is 11.4 Å². The van der Waals surface area contributed by atoms with E-state index in [9.17, 15) is 19.1 Å². The molecule has 28 heavy (non-hydrogen) atoms. The van der Waals surface area contributed by atoms with Gasteiger partial charge in [0.05, 0.1) is 12.6 Å². The minimum atomic E-state index is -0.333. The fourth-order valence-electron chi connectivity index (χ4n) is 4.50. The molecular formula is C21H22FN3O3. The fraction of sp³-hybridized carbons (Fsp3) is 0.381. The number of benzene rings is 1. The maximum absolute atomic E-state index is 13.8. The Bertz CT molecular complexity index is 919. The van der Waals surface area contributed by atoms with E-state index in [1.54, 1.807) is 28.0 Å². The van der Waals surface area contributed by atoms with Gasteiger partial charge in [0.2, 0.25) is 5.91 Å². The lowest BCUT2D eigenvalue weighted by Crippen LogP contribution is -2.36. The largest absolute Gasteiger partial charge is 0.392 e. The van der Waals surface area contributed by atoms with Crippen molar-refractivity contribution in [2.45, 2.75) is 19.6 Å². The Hall–Kier alpha value is -2.80. The standard InChI is InChI=1S/C21H22FN3O3/c1-13(27)25-10-16-9-24(21(28)19-7-14(12-26)5-6-23-19)11-18(16)20(25)15-3-2-4-17(22)8-15/h2-8,16,18,20,26H,9-12H2,1H3/t16-,18-,20+/m1/s1. The summed E-state index contributed by atoms with van der Waals surface area (Å²) in [6.07, 6.45) is 1.52. The van der Waals surface area contributed by atoms with Crippen LogP contribution in [0.2, 0.25) is 0 Å². The van der Waals surface area contributed by atoms with Crippen molar-refractivity contribution >= 4 is 11.8 Å². The lowest BCUT2D eigenvalue weighted by atomic mass is 9.89. The quantitative estimate of drug-likeness (QED) is 0.880. The van der Waals surface area contributed by atoms with Crippen molar-refractivity contribution in [1.29, 1.82) is 0 Å². The molecule has 2 saturated heterocycles. The molecule has 7 heteroatoms. The minimum Gasteiger partial charge on any atom is -0.392 e. The second kappa shape index (κ2) is 7.31. The van der Waals surface area contributed by atoms with Crippen molar-refractivity contribution in [3.05, 3.63) is 65.2 Å². The highest BCUT2D eigenvalue weighted by Gasteiger charge is 2.49. The number of amides is 2. The maximum Gasteiger partial charge on any atom is 0.272 e. The van der Waals surface area contributed by atoms with Crippen LogP contribution in [0.3, 0.4) is 0 Å². The van der Waals surface area contributed by atoms with E-state index < -0.39 is 0 Å². The Morgan fingerprint density at radius 1 is 1.21 bits per heavy atom. The van der Waals surface area contributed by atoms with E-state index in [2.05, 4.69) is 4.98 Å². The number of hydrogen-bond acceptors (Lipinski definition) is 4. The van der Waals surface area contributed by atoms with Crippen molar-refractivity contribution in [2.75, 3.05) is 19.6 Å². The van der Waals surface area contributed by atoms with Crippen LogP contribution in [0.25, 0.3) is 0 Å². The highest BCUT2D eigenvalue weighted by Crippen LogP contribution is 2.45. The Morgan fingerprint density at radius 3 is 2.75 bits per heavy atom. The molecule has 2 aliphatic heterocycles. The smallest absolute Gasteiger partial charge is 0.272 e. The topological polar surface area (TPSA) is 73.7 Å². The number of carbonyl (C=O) groups excluding carboxylic acids is 2. The summed E-state index contributed by atoms with van der Waals surface area (Å²) in [7, 11) is 0. The highest BCUT2D eigenvalue weighted by molar-refractivity contribution is 5.92. The van der Waals surface area contributed by atoms with Gasteiger partial charge >= 0.3 is 0 Å². The zero-order valence-electron chi connectivity index (χ0n) is 15.6. The third-order valence-electron chi connectivity index (χ3n) is 5.77. The van der Waals surface area contributed by atoms with Gasteiger partial charge in [0.15, 0.2) is 0 Å². The summed E-state index contributed by atoms with van der Waals surface area (Å²) in [5.41, 5.74) is 1.70. The predicted octanol–water partition coefficient (Wildman–Crippen LogP) is 2.00. The van der Waals surface area contributed by atoms with Gasteiger partial charge in [-0.1, -0.05) is 12.1 Å². The summed E-state index contributed by atoms with van der Waals surface area (Å²) < 4.78 is 13.8. The number of fused-ring (bicyclic) bond motifs is 1. The number of aromatic nitrogens is 1. The van der Waals surface area contributed by atoms with Gasteiger partial charge < -0.3 is 14.9 Å². The van der Waals surface area contributed by atoms with Crippen LogP contribution in [0.4, 0.5) is 4.39 Å². The second-order valence-electron chi connectivity index (χ2n) is 7.51. The summed E-state index contributed by atoms with van der Waals surface area (Å²) >= 11 is 0. The van der Waals surface area contributed by atoms with Crippen LogP contribution < -0.4 is 0 Å². The minimum absolute atomic E-state index is 0.0427. The maximum atomic E-state index is 13.8. The number of pyridine rings is 1. The van der Waals surface area contributed by atoms with E-state index >= 15 is 0 Å². The van der Waals surface area contributed by atoms with Crippen LogP contribution in [0.15, 0.2) is 42.6 Å². The Labute approximate surface area is 162 Å². The normalized spacial score (nSPS) is 23.8. The molecule has 2 aliphatic rings. The summed E-state index contributed by atoms with van der Waals surface area (Å²) in [5, 5.41) is 9.28.